The van der Waals surface area contributed by atoms with Gasteiger partial charge < -0.3 is 10.3 Å². The van der Waals surface area contributed by atoms with E-state index >= 15 is 0 Å². The molecule has 1 aliphatic heterocycles. The number of aromatic nitrogens is 6. The Morgan fingerprint density at radius 3 is 2.93 bits per heavy atom. The Morgan fingerprint density at radius 1 is 1.13 bits per heavy atom. The molecule has 0 fully saturated rings. The van der Waals surface area contributed by atoms with E-state index in [1.807, 2.05) is 18.5 Å². The van der Waals surface area contributed by atoms with Crippen molar-refractivity contribution in [3.05, 3.63) is 53.3 Å². The molecular weight excluding hydrogens is 394 g/mol. The van der Waals surface area contributed by atoms with Crippen molar-refractivity contribution in [1.82, 2.24) is 35.5 Å². The van der Waals surface area contributed by atoms with Crippen LogP contribution in [0, 0.1) is 6.92 Å². The van der Waals surface area contributed by atoms with Gasteiger partial charge >= 0.3 is 0 Å². The minimum absolute atomic E-state index is 0.709. The van der Waals surface area contributed by atoms with E-state index in [2.05, 4.69) is 61.7 Å². The van der Waals surface area contributed by atoms with Crippen molar-refractivity contribution >= 4 is 39.0 Å². The average molecular weight is 414 g/mol. The Bertz CT molecular complexity index is 1420. The molecule has 0 unspecified atom stereocenters. The van der Waals surface area contributed by atoms with Crippen molar-refractivity contribution in [2.45, 2.75) is 13.3 Å². The first-order valence-corrected chi connectivity index (χ1v) is 10.7. The molecule has 148 valence electrons. The predicted molar refractivity (Wildman–Crippen MR) is 120 cm³/mol. The number of hydrogen-bond acceptors (Lipinski definition) is 6. The third kappa shape index (κ3) is 2.84. The van der Waals surface area contributed by atoms with Crippen LogP contribution in [-0.2, 0) is 0 Å². The van der Waals surface area contributed by atoms with Crippen LogP contribution < -0.4 is 5.32 Å². The zero-order valence-electron chi connectivity index (χ0n) is 16.4. The first-order valence-electron chi connectivity index (χ1n) is 9.92. The molecule has 5 aromatic rings. The van der Waals surface area contributed by atoms with E-state index < -0.39 is 0 Å². The Labute approximate surface area is 176 Å². The molecule has 6 rings (SSSR count). The van der Waals surface area contributed by atoms with Crippen LogP contribution in [0.15, 0.2) is 42.7 Å². The molecule has 30 heavy (non-hydrogen) atoms. The fraction of sp³-hybridized carbons (Fsp3) is 0.182. The summed E-state index contributed by atoms with van der Waals surface area (Å²) in [5, 5.41) is 12.0. The number of fused-ring (bicyclic) bond motifs is 2. The van der Waals surface area contributed by atoms with Crippen molar-refractivity contribution < 1.29 is 0 Å². The Morgan fingerprint density at radius 2 is 2.10 bits per heavy atom. The van der Waals surface area contributed by atoms with E-state index in [9.17, 15) is 0 Å². The average Bonchev–Trinajstić information content (AvgIpc) is 3.51. The molecule has 8 heteroatoms. The molecule has 0 amide bonds. The molecule has 0 saturated carbocycles. The summed E-state index contributed by atoms with van der Waals surface area (Å²) in [6.07, 6.45) is 6.86. The predicted octanol–water partition coefficient (Wildman–Crippen LogP) is 4.31. The van der Waals surface area contributed by atoms with E-state index in [1.54, 1.807) is 11.3 Å². The maximum atomic E-state index is 4.89. The minimum Gasteiger partial charge on any atom is -0.321 e. The van der Waals surface area contributed by atoms with E-state index in [4.69, 9.17) is 4.98 Å². The lowest BCUT2D eigenvalue weighted by atomic mass is 10.0. The SMILES string of the molecule is Cc1ccc(-c2ccnc3[nH]c(-c4n[nH]c5cnc(C6=CCNCC6)cc45)nc23)s1. The highest BCUT2D eigenvalue weighted by atomic mass is 32.1. The molecular formula is C22H19N7S. The van der Waals surface area contributed by atoms with E-state index in [1.165, 1.54) is 15.3 Å². The van der Waals surface area contributed by atoms with Crippen LogP contribution in [-0.4, -0.2) is 43.2 Å². The summed E-state index contributed by atoms with van der Waals surface area (Å²) in [7, 11) is 0. The summed E-state index contributed by atoms with van der Waals surface area (Å²) in [6.45, 7) is 3.97. The van der Waals surface area contributed by atoms with Crippen molar-refractivity contribution in [3.63, 3.8) is 0 Å². The van der Waals surface area contributed by atoms with E-state index in [0.29, 0.717) is 5.82 Å². The Hall–Kier alpha value is -3.36. The molecule has 0 bridgehead atoms. The molecule has 0 radical (unpaired) electrons. The van der Waals surface area contributed by atoms with Gasteiger partial charge in [-0.25, -0.2) is 9.97 Å². The second-order valence-corrected chi connectivity index (χ2v) is 8.71. The number of aromatic amines is 2. The number of imidazole rings is 1. The molecule has 0 atom stereocenters. The summed E-state index contributed by atoms with van der Waals surface area (Å²) in [5.41, 5.74) is 6.66. The lowest BCUT2D eigenvalue weighted by molar-refractivity contribution is 0.737. The summed E-state index contributed by atoms with van der Waals surface area (Å²) < 4.78 is 0. The molecule has 6 heterocycles. The normalized spacial score (nSPS) is 14.5. The zero-order chi connectivity index (χ0) is 20.1. The third-order valence-corrected chi connectivity index (χ3v) is 6.49. The molecule has 3 N–H and O–H groups in total. The largest absolute Gasteiger partial charge is 0.321 e. The van der Waals surface area contributed by atoms with Gasteiger partial charge in [0.2, 0.25) is 0 Å². The van der Waals surface area contributed by atoms with Crippen LogP contribution in [0.1, 0.15) is 17.0 Å². The fourth-order valence-corrected chi connectivity index (χ4v) is 4.82. The zero-order valence-corrected chi connectivity index (χ0v) is 17.2. The summed E-state index contributed by atoms with van der Waals surface area (Å²) in [4.78, 5) is 19.8. The van der Waals surface area contributed by atoms with E-state index in [-0.39, 0.29) is 0 Å². The van der Waals surface area contributed by atoms with Gasteiger partial charge in [-0.05, 0) is 49.7 Å². The third-order valence-electron chi connectivity index (χ3n) is 5.45. The van der Waals surface area contributed by atoms with Gasteiger partial charge in [-0.1, -0.05) is 6.08 Å². The summed E-state index contributed by atoms with van der Waals surface area (Å²) in [5.74, 6) is 0.709. The molecule has 0 aliphatic carbocycles. The van der Waals surface area contributed by atoms with Crippen LogP contribution in [0.2, 0.25) is 0 Å². The van der Waals surface area contributed by atoms with Gasteiger partial charge in [0.1, 0.15) is 11.2 Å². The minimum atomic E-state index is 0.709. The lowest BCUT2D eigenvalue weighted by Crippen LogP contribution is -2.20. The van der Waals surface area contributed by atoms with Gasteiger partial charge in [0.15, 0.2) is 11.5 Å². The second-order valence-electron chi connectivity index (χ2n) is 7.42. The highest BCUT2D eigenvalue weighted by Gasteiger charge is 2.18. The first kappa shape index (κ1) is 17.5. The van der Waals surface area contributed by atoms with Gasteiger partial charge in [-0.15, -0.1) is 11.3 Å². The summed E-state index contributed by atoms with van der Waals surface area (Å²) >= 11 is 1.76. The highest BCUT2D eigenvalue weighted by molar-refractivity contribution is 7.15. The van der Waals surface area contributed by atoms with Gasteiger partial charge in [0, 0.05) is 33.4 Å². The number of aryl methyl sites for hydroxylation is 1. The number of H-pyrrole nitrogens is 2. The molecule has 0 aromatic carbocycles. The smallest absolute Gasteiger partial charge is 0.160 e. The molecule has 1 aliphatic rings. The van der Waals surface area contributed by atoms with Crippen LogP contribution >= 0.6 is 11.3 Å². The van der Waals surface area contributed by atoms with Crippen LogP contribution in [0.4, 0.5) is 0 Å². The molecule has 0 spiro atoms. The van der Waals surface area contributed by atoms with Crippen molar-refractivity contribution in [3.8, 4) is 22.0 Å². The first-order chi connectivity index (χ1) is 14.8. The highest BCUT2D eigenvalue weighted by Crippen LogP contribution is 2.34. The second kappa shape index (κ2) is 6.86. The Balaban J connectivity index is 1.49. The number of pyridine rings is 2. The maximum Gasteiger partial charge on any atom is 0.160 e. The van der Waals surface area contributed by atoms with Gasteiger partial charge in [-0.2, -0.15) is 5.10 Å². The number of nitrogens with zero attached hydrogens (tertiary/aromatic N) is 4. The topological polar surface area (TPSA) is 95.2 Å². The van der Waals surface area contributed by atoms with Crippen molar-refractivity contribution in [2.24, 2.45) is 0 Å². The van der Waals surface area contributed by atoms with Crippen molar-refractivity contribution in [1.29, 1.82) is 0 Å². The number of thiophene rings is 1. The van der Waals surface area contributed by atoms with Crippen LogP contribution in [0.3, 0.4) is 0 Å². The van der Waals surface area contributed by atoms with E-state index in [0.717, 1.165) is 58.5 Å². The van der Waals surface area contributed by atoms with Gasteiger partial charge in [0.25, 0.3) is 0 Å². The molecule has 7 nitrogen and oxygen atoms in total. The van der Waals surface area contributed by atoms with Crippen LogP contribution in [0.5, 0.6) is 0 Å². The van der Waals surface area contributed by atoms with Crippen LogP contribution in [0.25, 0.3) is 49.6 Å². The fourth-order valence-electron chi connectivity index (χ4n) is 3.93. The maximum absolute atomic E-state index is 4.89. The lowest BCUT2D eigenvalue weighted by Gasteiger charge is -2.13. The molecule has 0 saturated heterocycles. The number of nitrogens with one attached hydrogen (secondary N) is 3. The number of rotatable bonds is 3. The Kier molecular flexibility index (Phi) is 4.00. The van der Waals surface area contributed by atoms with Crippen molar-refractivity contribution in [2.75, 3.05) is 13.1 Å². The van der Waals surface area contributed by atoms with Gasteiger partial charge in [0.05, 0.1) is 17.4 Å². The molecule has 5 aromatic heterocycles. The van der Waals surface area contributed by atoms with Gasteiger partial charge in [-0.3, -0.25) is 10.1 Å². The standard InChI is InChI=1S/C22H19N7S/c1-12-2-3-18(30-12)14-6-9-24-21-19(14)26-22(27-21)20-15-10-16(13-4-7-23-8-5-13)25-11-17(15)28-29-20/h2-4,6,9-11,23H,5,7-8H2,1H3,(H,28,29)(H,24,26,27). The monoisotopic (exact) mass is 413 g/mol. The number of hydrogen-bond donors (Lipinski definition) is 3. The summed E-state index contributed by atoms with van der Waals surface area (Å²) in [6, 6.07) is 8.39. The quantitative estimate of drug-likeness (QED) is 0.410.